The zero-order valence-electron chi connectivity index (χ0n) is 5.71. The minimum absolute atomic E-state index is 0. The first-order chi connectivity index (χ1) is 5.00. The predicted octanol–water partition coefficient (Wildman–Crippen LogP) is -3.10. The molecule has 0 spiro atoms. The number of hydrogen-bond donors (Lipinski definition) is 4. The summed E-state index contributed by atoms with van der Waals surface area (Å²) in [5.41, 5.74) is 0. The van der Waals surface area contributed by atoms with Crippen LogP contribution in [0.5, 0.6) is 0 Å². The van der Waals surface area contributed by atoms with E-state index in [0.717, 1.165) is 0 Å². The van der Waals surface area contributed by atoms with E-state index >= 15 is 0 Å². The molecule has 0 saturated carbocycles. The number of halogens is 1. The molecule has 2 unspecified atom stereocenters. The van der Waals surface area contributed by atoms with Crippen molar-refractivity contribution in [2.24, 2.45) is 5.90 Å². The number of aliphatic hydroxyl groups excluding tert-OH is 1. The Morgan fingerprint density at radius 2 is 1.57 bits per heavy atom. The Hall–Kier alpha value is 1.75. The van der Waals surface area contributed by atoms with E-state index in [2.05, 4.69) is 10.7 Å². The van der Waals surface area contributed by atoms with E-state index in [0.29, 0.717) is 0 Å². The summed E-state index contributed by atoms with van der Waals surface area (Å²) < 4.78 is 0. The fourth-order valence-electron chi connectivity index (χ4n) is 0.397. The van der Waals surface area contributed by atoms with Crippen LogP contribution in [0.25, 0.3) is 0 Å². The summed E-state index contributed by atoms with van der Waals surface area (Å²) in [7, 11) is 0. The number of rotatable bonds is 4. The van der Waals surface area contributed by atoms with Crippen LogP contribution in [0.15, 0.2) is 0 Å². The van der Waals surface area contributed by atoms with E-state index < -0.39 is 24.1 Å². The molecule has 0 heterocycles. The first-order valence-electron chi connectivity index (χ1n) is 2.50. The van der Waals surface area contributed by atoms with Crippen LogP contribution in [0.2, 0.25) is 0 Å². The van der Waals surface area contributed by atoms with E-state index in [9.17, 15) is 9.59 Å². The van der Waals surface area contributed by atoms with Gasteiger partial charge in [-0.3, -0.25) is 4.84 Å². The molecule has 0 aliphatic heterocycles. The molecule has 0 bridgehead atoms. The molecule has 0 saturated heterocycles. The zero-order valence-corrected chi connectivity index (χ0v) is 6.52. The van der Waals surface area contributed by atoms with Gasteiger partial charge in [-0.05, 0) is 0 Å². The second kappa shape index (κ2) is 12.8. The third kappa shape index (κ3) is 9.01. The molecule has 0 rings (SSSR count). The quantitative estimate of drug-likeness (QED) is 0.313. The minimum atomic E-state index is -2.16. The Morgan fingerprint density at radius 3 is 1.64 bits per heavy atom. The van der Waals surface area contributed by atoms with Crippen molar-refractivity contribution in [3.63, 3.8) is 0 Å². The van der Waals surface area contributed by atoms with Crippen molar-refractivity contribution in [3.05, 3.63) is 0 Å². The number of aliphatic hydroxyl groups is 1. The van der Waals surface area contributed by atoms with E-state index in [4.69, 9.17) is 15.3 Å². The molecule has 0 aromatic rings. The number of nitrogens with two attached hydrogens (primary N) is 1. The Balaban J connectivity index is -0.000000167. The van der Waals surface area contributed by atoms with Crippen LogP contribution < -0.4 is 5.90 Å². The molecule has 5 N–H and O–H groups in total. The maximum atomic E-state index is 10.0. The van der Waals surface area contributed by atoms with Gasteiger partial charge in [-0.15, -0.1) is 12.4 Å². The summed E-state index contributed by atoms with van der Waals surface area (Å²) in [5, 5.41) is 24.8. The summed E-state index contributed by atoms with van der Waals surface area (Å²) >= 11 is 0. The SMILES string of the molecule is Cl.NOC(C(=O)O)C(O)C(=O)O.[KH].[NaH]. The molecule has 0 aromatic heterocycles. The molecule has 0 radical (unpaired) electrons. The molecule has 14 heavy (non-hydrogen) atoms. The molecule has 0 aliphatic carbocycles. The van der Waals surface area contributed by atoms with Gasteiger partial charge >= 0.3 is 92.9 Å². The van der Waals surface area contributed by atoms with Crippen LogP contribution >= 0.6 is 12.4 Å². The second-order valence-corrected chi connectivity index (χ2v) is 1.68. The number of aliphatic carboxylic acids is 2. The second-order valence-electron chi connectivity index (χ2n) is 1.68. The van der Waals surface area contributed by atoms with Crippen LogP contribution in [-0.2, 0) is 14.4 Å². The van der Waals surface area contributed by atoms with Crippen LogP contribution in [0, 0.1) is 0 Å². The third-order valence-electron chi connectivity index (χ3n) is 0.930. The molecule has 10 heteroatoms. The Morgan fingerprint density at radius 1 is 1.21 bits per heavy atom. The van der Waals surface area contributed by atoms with Crippen molar-refractivity contribution in [3.8, 4) is 0 Å². The maximum absolute atomic E-state index is 10.0. The fraction of sp³-hybridized carbons (Fsp3) is 0.500. The number of carboxylic acids is 2. The van der Waals surface area contributed by atoms with E-state index in [1.807, 2.05) is 0 Å². The first kappa shape index (κ1) is 24.8. The van der Waals surface area contributed by atoms with Crippen molar-refractivity contribution < 1.29 is 29.7 Å². The van der Waals surface area contributed by atoms with Crippen molar-refractivity contribution >= 4 is 105 Å². The standard InChI is InChI=1S/C4H7NO6.ClH.K.Na.2H/c5-11-2(4(9)10)1(6)3(7)8;;;;;/h1-2,6H,5H2,(H,7,8)(H,9,10);1H;;;;. The van der Waals surface area contributed by atoms with Crippen molar-refractivity contribution in [2.45, 2.75) is 12.2 Å². The van der Waals surface area contributed by atoms with Crippen molar-refractivity contribution in [2.75, 3.05) is 0 Å². The Bertz CT molecular complexity index is 183. The summed E-state index contributed by atoms with van der Waals surface area (Å²) in [6, 6.07) is 0. The van der Waals surface area contributed by atoms with Gasteiger partial charge in [-0.25, -0.2) is 15.5 Å². The summed E-state index contributed by atoms with van der Waals surface area (Å²) in [6.07, 6.45) is -4.09. The summed E-state index contributed by atoms with van der Waals surface area (Å²) in [4.78, 5) is 23.7. The van der Waals surface area contributed by atoms with Gasteiger partial charge in [0.15, 0.2) is 6.10 Å². The molecular formula is C4H10ClKNNaO6. The van der Waals surface area contributed by atoms with Gasteiger partial charge in [0.05, 0.1) is 0 Å². The number of carbonyl (C=O) groups is 2. The molecule has 0 amide bonds. The van der Waals surface area contributed by atoms with Crippen molar-refractivity contribution in [1.29, 1.82) is 0 Å². The molecule has 0 aromatic carbocycles. The topological polar surface area (TPSA) is 130 Å². The van der Waals surface area contributed by atoms with Crippen LogP contribution in [-0.4, -0.2) is 120 Å². The zero-order chi connectivity index (χ0) is 9.02. The van der Waals surface area contributed by atoms with Crippen LogP contribution in [0.4, 0.5) is 0 Å². The number of carboxylic acid groups (broad SMARTS) is 2. The molecular weight excluding hydrogens is 256 g/mol. The molecule has 0 aliphatic rings. The Labute approximate surface area is 150 Å². The first-order valence-corrected chi connectivity index (χ1v) is 2.50. The van der Waals surface area contributed by atoms with E-state index in [-0.39, 0.29) is 93.3 Å². The average Bonchev–Trinajstić information content (AvgIpc) is 1.88. The molecule has 76 valence electrons. The van der Waals surface area contributed by atoms with Crippen LogP contribution in [0.1, 0.15) is 0 Å². The van der Waals surface area contributed by atoms with Gasteiger partial charge in [0.1, 0.15) is 0 Å². The fourth-order valence-corrected chi connectivity index (χ4v) is 0.397. The normalized spacial score (nSPS) is 12.1. The summed E-state index contributed by atoms with van der Waals surface area (Å²) in [5.74, 6) is 1.07. The monoisotopic (exact) mass is 265 g/mol. The van der Waals surface area contributed by atoms with E-state index in [1.165, 1.54) is 0 Å². The van der Waals surface area contributed by atoms with Gasteiger partial charge in [0.25, 0.3) is 0 Å². The van der Waals surface area contributed by atoms with Gasteiger partial charge in [-0.2, -0.15) is 0 Å². The van der Waals surface area contributed by atoms with Crippen LogP contribution in [0.3, 0.4) is 0 Å². The molecule has 7 nitrogen and oxygen atoms in total. The van der Waals surface area contributed by atoms with Crippen molar-refractivity contribution in [1.82, 2.24) is 0 Å². The summed E-state index contributed by atoms with van der Waals surface area (Å²) in [6.45, 7) is 0. The third-order valence-corrected chi connectivity index (χ3v) is 0.930. The van der Waals surface area contributed by atoms with Gasteiger partial charge in [0.2, 0.25) is 6.10 Å². The predicted molar refractivity (Wildman–Crippen MR) is 51.9 cm³/mol. The van der Waals surface area contributed by atoms with Gasteiger partial charge < -0.3 is 15.3 Å². The molecule has 2 atom stereocenters. The van der Waals surface area contributed by atoms with E-state index in [1.54, 1.807) is 0 Å². The molecule has 0 fully saturated rings. The number of hydrogen-bond acceptors (Lipinski definition) is 5. The van der Waals surface area contributed by atoms with Gasteiger partial charge in [-0.1, -0.05) is 0 Å². The average molecular weight is 266 g/mol. The van der Waals surface area contributed by atoms with Gasteiger partial charge in [0, 0.05) is 0 Å². The Kier molecular flexibility index (Phi) is 22.7.